The Hall–Kier alpha value is -3.78. The van der Waals surface area contributed by atoms with Crippen molar-refractivity contribution in [2.45, 2.75) is 0 Å². The van der Waals surface area contributed by atoms with E-state index >= 15 is 0 Å². The van der Waals surface area contributed by atoms with Crippen LogP contribution in [0.1, 0.15) is 0 Å². The van der Waals surface area contributed by atoms with E-state index in [2.05, 4.69) is 134 Å². The normalized spacial score (nSPS) is 10.8. The van der Waals surface area contributed by atoms with Crippen molar-refractivity contribution >= 4 is 41.1 Å². The lowest BCUT2D eigenvalue weighted by Crippen LogP contribution is -2.09. The summed E-state index contributed by atoms with van der Waals surface area (Å²) in [5.74, 6) is 0. The summed E-state index contributed by atoms with van der Waals surface area (Å²) in [6.07, 6.45) is 0. The van der Waals surface area contributed by atoms with E-state index in [9.17, 15) is 0 Å². The molecule has 0 bridgehead atoms. The van der Waals surface area contributed by atoms with Gasteiger partial charge in [-0.05, 0) is 64.4 Å². The Labute approximate surface area is 178 Å². The number of anilines is 3. The van der Waals surface area contributed by atoms with Crippen LogP contribution in [0.2, 0.25) is 0 Å². The van der Waals surface area contributed by atoms with Gasteiger partial charge in [0.05, 0.1) is 0 Å². The van der Waals surface area contributed by atoms with Crippen molar-refractivity contribution in [1.29, 1.82) is 0 Å². The minimum absolute atomic E-state index is 1.15. The standard InChI is InChI=1S/C28H22BN/c29-28-13-7-8-23-20-22(16-19-27(23)28)21-14-17-26(18-15-21)30(24-9-3-1-4-10-24)25-11-5-2-6-12-25/h1-20H,29H2. The van der Waals surface area contributed by atoms with E-state index in [1.807, 2.05) is 0 Å². The van der Waals surface area contributed by atoms with Crippen molar-refractivity contribution in [3.63, 3.8) is 0 Å². The average molecular weight is 383 g/mol. The van der Waals surface area contributed by atoms with Gasteiger partial charge in [-0.2, -0.15) is 0 Å². The molecule has 5 rings (SSSR count). The smallest absolute Gasteiger partial charge is 0.140 e. The van der Waals surface area contributed by atoms with Gasteiger partial charge in [0.2, 0.25) is 0 Å². The molecule has 0 aliphatic heterocycles. The molecule has 142 valence electrons. The molecule has 0 amide bonds. The second-order valence-electron chi connectivity index (χ2n) is 7.56. The number of fused-ring (bicyclic) bond motifs is 1. The number of para-hydroxylation sites is 2. The third-order valence-corrected chi connectivity index (χ3v) is 5.59. The molecule has 0 fully saturated rings. The van der Waals surface area contributed by atoms with E-state index in [1.165, 1.54) is 27.4 Å². The zero-order chi connectivity index (χ0) is 20.3. The van der Waals surface area contributed by atoms with Gasteiger partial charge in [0.15, 0.2) is 0 Å². The number of benzene rings is 5. The maximum atomic E-state index is 2.29. The third-order valence-electron chi connectivity index (χ3n) is 5.59. The molecular weight excluding hydrogens is 361 g/mol. The molecule has 0 N–H and O–H groups in total. The minimum Gasteiger partial charge on any atom is -0.311 e. The Bertz CT molecular complexity index is 1240. The van der Waals surface area contributed by atoms with Gasteiger partial charge in [-0.25, -0.2) is 0 Å². The zero-order valence-corrected chi connectivity index (χ0v) is 17.0. The molecule has 0 aromatic heterocycles. The van der Waals surface area contributed by atoms with E-state index in [1.54, 1.807) is 0 Å². The molecule has 0 unspecified atom stereocenters. The van der Waals surface area contributed by atoms with Crippen molar-refractivity contribution in [2.75, 3.05) is 4.90 Å². The Morgan fingerprint density at radius 3 is 1.67 bits per heavy atom. The second-order valence-corrected chi connectivity index (χ2v) is 7.56. The van der Waals surface area contributed by atoms with Crippen molar-refractivity contribution < 1.29 is 0 Å². The quantitative estimate of drug-likeness (QED) is 0.332. The molecule has 1 nitrogen and oxygen atoms in total. The van der Waals surface area contributed by atoms with Gasteiger partial charge in [0.1, 0.15) is 7.85 Å². The summed E-state index contributed by atoms with van der Waals surface area (Å²) in [7, 11) is 2.17. The first-order valence-electron chi connectivity index (χ1n) is 10.3. The zero-order valence-electron chi connectivity index (χ0n) is 17.0. The summed E-state index contributed by atoms with van der Waals surface area (Å²) in [5.41, 5.74) is 7.23. The lowest BCUT2D eigenvalue weighted by Gasteiger charge is -2.25. The largest absolute Gasteiger partial charge is 0.311 e. The predicted molar refractivity (Wildman–Crippen MR) is 132 cm³/mol. The van der Waals surface area contributed by atoms with E-state index in [0.29, 0.717) is 0 Å². The van der Waals surface area contributed by atoms with Crippen LogP contribution in [0.15, 0.2) is 121 Å². The van der Waals surface area contributed by atoms with E-state index in [-0.39, 0.29) is 0 Å². The molecule has 0 spiro atoms. The summed E-state index contributed by atoms with van der Waals surface area (Å²) in [4.78, 5) is 2.29. The highest BCUT2D eigenvalue weighted by molar-refractivity contribution is 6.38. The monoisotopic (exact) mass is 383 g/mol. The molecule has 30 heavy (non-hydrogen) atoms. The molecule has 0 aliphatic carbocycles. The third kappa shape index (κ3) is 3.49. The van der Waals surface area contributed by atoms with Crippen LogP contribution in [0.3, 0.4) is 0 Å². The molecule has 0 radical (unpaired) electrons. The lowest BCUT2D eigenvalue weighted by atomic mass is 9.89. The first-order valence-corrected chi connectivity index (χ1v) is 10.3. The SMILES string of the molecule is Bc1cccc2cc(-c3ccc(N(c4ccccc4)c4ccccc4)cc3)ccc12. The average Bonchev–Trinajstić information content (AvgIpc) is 2.81. The molecule has 0 aliphatic rings. The summed E-state index contributed by atoms with van der Waals surface area (Å²) in [6.45, 7) is 0. The van der Waals surface area contributed by atoms with Gasteiger partial charge in [-0.1, -0.05) is 84.3 Å². The Kier molecular flexibility index (Phi) is 4.82. The summed E-state index contributed by atoms with van der Waals surface area (Å²) >= 11 is 0. The van der Waals surface area contributed by atoms with Crippen LogP contribution in [0.5, 0.6) is 0 Å². The van der Waals surface area contributed by atoms with Crippen LogP contribution >= 0.6 is 0 Å². The Balaban J connectivity index is 1.54. The topological polar surface area (TPSA) is 3.24 Å². The van der Waals surface area contributed by atoms with Gasteiger partial charge in [0.25, 0.3) is 0 Å². The molecule has 0 atom stereocenters. The van der Waals surface area contributed by atoms with Crippen molar-refractivity contribution in [3.05, 3.63) is 121 Å². The maximum absolute atomic E-state index is 2.29. The molecule has 2 heteroatoms. The Morgan fingerprint density at radius 2 is 1.03 bits per heavy atom. The highest BCUT2D eigenvalue weighted by Crippen LogP contribution is 2.35. The molecule has 0 saturated heterocycles. The van der Waals surface area contributed by atoms with Crippen molar-refractivity contribution in [3.8, 4) is 11.1 Å². The number of hydrogen-bond acceptors (Lipinski definition) is 1. The maximum Gasteiger partial charge on any atom is 0.140 e. The van der Waals surface area contributed by atoms with Gasteiger partial charge < -0.3 is 4.90 Å². The highest BCUT2D eigenvalue weighted by atomic mass is 15.1. The van der Waals surface area contributed by atoms with Gasteiger partial charge in [0, 0.05) is 17.1 Å². The van der Waals surface area contributed by atoms with Crippen LogP contribution in [-0.2, 0) is 0 Å². The fourth-order valence-electron chi connectivity index (χ4n) is 4.03. The number of hydrogen-bond donors (Lipinski definition) is 0. The van der Waals surface area contributed by atoms with Crippen LogP contribution in [-0.4, -0.2) is 7.85 Å². The van der Waals surface area contributed by atoms with Crippen LogP contribution in [0.25, 0.3) is 21.9 Å². The second kappa shape index (κ2) is 7.92. The molecule has 0 saturated carbocycles. The van der Waals surface area contributed by atoms with Crippen molar-refractivity contribution in [2.24, 2.45) is 0 Å². The molecular formula is C28H22BN. The van der Waals surface area contributed by atoms with Crippen LogP contribution in [0, 0.1) is 0 Å². The summed E-state index contributed by atoms with van der Waals surface area (Å²) in [5, 5.41) is 2.60. The van der Waals surface area contributed by atoms with Crippen LogP contribution in [0.4, 0.5) is 17.1 Å². The van der Waals surface area contributed by atoms with E-state index in [0.717, 1.165) is 17.1 Å². The fraction of sp³-hybridized carbons (Fsp3) is 0. The lowest BCUT2D eigenvalue weighted by molar-refractivity contribution is 1.28. The minimum atomic E-state index is 1.15. The first-order chi connectivity index (χ1) is 14.8. The predicted octanol–water partition coefficient (Wildman–Crippen LogP) is 6.24. The van der Waals surface area contributed by atoms with E-state index < -0.39 is 0 Å². The molecule has 0 heterocycles. The molecule has 5 aromatic carbocycles. The van der Waals surface area contributed by atoms with Crippen LogP contribution < -0.4 is 10.4 Å². The van der Waals surface area contributed by atoms with Gasteiger partial charge >= 0.3 is 0 Å². The summed E-state index contributed by atoms with van der Waals surface area (Å²) in [6, 6.07) is 43.1. The van der Waals surface area contributed by atoms with Gasteiger partial charge in [-0.15, -0.1) is 0 Å². The Morgan fingerprint density at radius 1 is 0.467 bits per heavy atom. The first kappa shape index (κ1) is 18.3. The summed E-state index contributed by atoms with van der Waals surface area (Å²) < 4.78 is 0. The fourth-order valence-corrected chi connectivity index (χ4v) is 4.03. The van der Waals surface area contributed by atoms with Crippen molar-refractivity contribution in [1.82, 2.24) is 0 Å². The van der Waals surface area contributed by atoms with Gasteiger partial charge in [-0.3, -0.25) is 0 Å². The number of rotatable bonds is 4. The highest BCUT2D eigenvalue weighted by Gasteiger charge is 2.12. The molecule has 5 aromatic rings. The number of nitrogens with zero attached hydrogens (tertiary/aromatic N) is 1. The van der Waals surface area contributed by atoms with E-state index in [4.69, 9.17) is 0 Å².